The molecule has 0 radical (unpaired) electrons. The Hall–Kier alpha value is -3.57. The largest absolute Gasteiger partial charge is 0.503 e. The average molecular weight is 400 g/mol. The van der Waals surface area contributed by atoms with E-state index in [9.17, 15) is 15.0 Å². The van der Waals surface area contributed by atoms with E-state index < -0.39 is 5.43 Å². The third kappa shape index (κ3) is 3.44. The number of nitrogens with zero attached hydrogens (tertiary/aromatic N) is 1. The fourth-order valence-electron chi connectivity index (χ4n) is 3.78. The minimum atomic E-state index is -0.517. The Kier molecular flexibility index (Phi) is 5.29. The van der Waals surface area contributed by atoms with E-state index in [0.29, 0.717) is 17.0 Å². The summed E-state index contributed by atoms with van der Waals surface area (Å²) in [7, 11) is 0. The van der Waals surface area contributed by atoms with Crippen LogP contribution in [0.3, 0.4) is 0 Å². The average Bonchev–Trinajstić information content (AvgIpc) is 3.18. The highest BCUT2D eigenvalue weighted by atomic mass is 16.3. The molecule has 152 valence electrons. The van der Waals surface area contributed by atoms with Gasteiger partial charge in [-0.2, -0.15) is 0 Å². The van der Waals surface area contributed by atoms with Crippen molar-refractivity contribution in [2.75, 3.05) is 0 Å². The molecule has 0 atom stereocenters. The SMILES string of the molecule is CC(C)=CCc1cccc2c(-c3c(O)c(=O)cc(CO)n3-c3ccccc3)c[nH]c12. The molecule has 0 amide bonds. The molecule has 2 heterocycles. The van der Waals surface area contributed by atoms with E-state index >= 15 is 0 Å². The Balaban J connectivity index is 2.03. The number of hydrogen-bond donors (Lipinski definition) is 3. The van der Waals surface area contributed by atoms with Crippen LogP contribution in [0.5, 0.6) is 5.75 Å². The van der Waals surface area contributed by atoms with Crippen LogP contribution in [-0.4, -0.2) is 19.8 Å². The highest BCUT2D eigenvalue weighted by Crippen LogP contribution is 2.36. The van der Waals surface area contributed by atoms with Crippen LogP contribution < -0.4 is 5.43 Å². The molecule has 0 bridgehead atoms. The van der Waals surface area contributed by atoms with Gasteiger partial charge in [-0.05, 0) is 38.0 Å². The Morgan fingerprint density at radius 1 is 1.10 bits per heavy atom. The smallest absolute Gasteiger partial charge is 0.224 e. The zero-order chi connectivity index (χ0) is 21.3. The van der Waals surface area contributed by atoms with Crippen LogP contribution in [0.1, 0.15) is 25.1 Å². The minimum Gasteiger partial charge on any atom is -0.503 e. The molecule has 0 fully saturated rings. The van der Waals surface area contributed by atoms with Gasteiger partial charge in [0.05, 0.1) is 12.3 Å². The lowest BCUT2D eigenvalue weighted by Gasteiger charge is -2.19. The maximum atomic E-state index is 12.5. The normalized spacial score (nSPS) is 11.0. The molecule has 4 aromatic rings. The van der Waals surface area contributed by atoms with Crippen LogP contribution in [0.2, 0.25) is 0 Å². The van der Waals surface area contributed by atoms with Crippen molar-refractivity contribution in [2.45, 2.75) is 26.9 Å². The number of benzene rings is 2. The summed E-state index contributed by atoms with van der Waals surface area (Å²) in [5.74, 6) is -0.341. The standard InChI is InChI=1S/C25H24N2O3/c1-16(2)11-12-17-7-6-10-20-21(14-26-23(17)20)24-25(30)22(29)13-19(15-28)27(24)18-8-4-3-5-9-18/h3-11,13-14,26,28,30H,12,15H2,1-2H3. The number of H-pyrrole nitrogens is 1. The van der Waals surface area contributed by atoms with Gasteiger partial charge in [0.25, 0.3) is 0 Å². The highest BCUT2D eigenvalue weighted by molar-refractivity contribution is 5.98. The molecular weight excluding hydrogens is 376 g/mol. The Morgan fingerprint density at radius 3 is 2.57 bits per heavy atom. The van der Waals surface area contributed by atoms with Gasteiger partial charge in [-0.25, -0.2) is 0 Å². The van der Waals surface area contributed by atoms with Crippen molar-refractivity contribution < 1.29 is 10.2 Å². The first-order valence-corrected chi connectivity index (χ1v) is 9.88. The van der Waals surface area contributed by atoms with Gasteiger partial charge in [0.2, 0.25) is 5.43 Å². The molecule has 5 heteroatoms. The van der Waals surface area contributed by atoms with Crippen molar-refractivity contribution in [1.82, 2.24) is 9.55 Å². The second-order valence-electron chi connectivity index (χ2n) is 7.55. The number of aromatic nitrogens is 2. The van der Waals surface area contributed by atoms with Gasteiger partial charge < -0.3 is 19.8 Å². The Morgan fingerprint density at radius 2 is 1.87 bits per heavy atom. The summed E-state index contributed by atoms with van der Waals surface area (Å²) in [6, 6.07) is 16.7. The molecule has 0 spiro atoms. The molecule has 4 rings (SSSR count). The number of nitrogens with one attached hydrogen (secondary N) is 1. The predicted octanol–water partition coefficient (Wildman–Crippen LogP) is 4.69. The maximum absolute atomic E-state index is 12.5. The zero-order valence-electron chi connectivity index (χ0n) is 17.0. The summed E-state index contributed by atoms with van der Waals surface area (Å²) in [5.41, 5.74) is 5.05. The summed E-state index contributed by atoms with van der Waals surface area (Å²) >= 11 is 0. The molecule has 2 aromatic carbocycles. The molecule has 3 N–H and O–H groups in total. The van der Waals surface area contributed by atoms with E-state index in [0.717, 1.165) is 28.6 Å². The number of rotatable bonds is 5. The molecule has 30 heavy (non-hydrogen) atoms. The van der Waals surface area contributed by atoms with Gasteiger partial charge >= 0.3 is 0 Å². The molecule has 0 aliphatic heterocycles. The predicted molar refractivity (Wildman–Crippen MR) is 120 cm³/mol. The van der Waals surface area contributed by atoms with E-state index in [1.54, 1.807) is 4.57 Å². The molecule has 0 aliphatic carbocycles. The van der Waals surface area contributed by atoms with Crippen LogP contribution in [0.4, 0.5) is 0 Å². The molecule has 2 aromatic heterocycles. The number of aromatic amines is 1. The Labute approximate surface area is 174 Å². The number of allylic oxidation sites excluding steroid dienone is 2. The molecule has 0 aliphatic rings. The van der Waals surface area contributed by atoms with E-state index in [4.69, 9.17) is 0 Å². The number of aliphatic hydroxyl groups is 1. The Bertz CT molecular complexity index is 1290. The maximum Gasteiger partial charge on any atom is 0.224 e. The van der Waals surface area contributed by atoms with Crippen molar-refractivity contribution >= 4 is 10.9 Å². The lowest BCUT2D eigenvalue weighted by Crippen LogP contribution is -2.14. The molecule has 0 saturated heterocycles. The monoisotopic (exact) mass is 400 g/mol. The van der Waals surface area contributed by atoms with Crippen molar-refractivity contribution in [1.29, 1.82) is 0 Å². The van der Waals surface area contributed by atoms with E-state index in [1.165, 1.54) is 11.6 Å². The van der Waals surface area contributed by atoms with Crippen molar-refractivity contribution in [2.24, 2.45) is 0 Å². The number of hydrogen-bond acceptors (Lipinski definition) is 3. The third-order valence-corrected chi connectivity index (χ3v) is 5.23. The lowest BCUT2D eigenvalue weighted by atomic mass is 10.0. The first kappa shape index (κ1) is 19.7. The van der Waals surface area contributed by atoms with Gasteiger partial charge in [0.1, 0.15) is 5.69 Å². The van der Waals surface area contributed by atoms with Gasteiger partial charge in [0, 0.05) is 34.4 Å². The number of aromatic hydroxyl groups is 1. The van der Waals surface area contributed by atoms with E-state index in [2.05, 4.69) is 31.0 Å². The second kappa shape index (κ2) is 8.05. The molecule has 0 saturated carbocycles. The van der Waals surface area contributed by atoms with Crippen LogP contribution in [-0.2, 0) is 13.0 Å². The first-order chi connectivity index (χ1) is 14.5. The highest BCUT2D eigenvalue weighted by Gasteiger charge is 2.21. The van der Waals surface area contributed by atoms with Crippen molar-refractivity contribution in [3.8, 4) is 22.7 Å². The number of pyridine rings is 1. The first-order valence-electron chi connectivity index (χ1n) is 9.88. The fourth-order valence-corrected chi connectivity index (χ4v) is 3.78. The summed E-state index contributed by atoms with van der Waals surface area (Å²) < 4.78 is 1.74. The van der Waals surface area contributed by atoms with Crippen molar-refractivity contribution in [3.63, 3.8) is 0 Å². The van der Waals surface area contributed by atoms with Gasteiger partial charge in [-0.3, -0.25) is 4.79 Å². The fraction of sp³-hybridized carbons (Fsp3) is 0.160. The summed E-state index contributed by atoms with van der Waals surface area (Å²) in [4.78, 5) is 15.8. The van der Waals surface area contributed by atoms with Crippen LogP contribution in [0.25, 0.3) is 27.8 Å². The van der Waals surface area contributed by atoms with Crippen LogP contribution >= 0.6 is 0 Å². The number of para-hydroxylation sites is 2. The number of fused-ring (bicyclic) bond motifs is 1. The third-order valence-electron chi connectivity index (χ3n) is 5.23. The van der Waals surface area contributed by atoms with Gasteiger partial charge in [0.15, 0.2) is 5.75 Å². The zero-order valence-corrected chi connectivity index (χ0v) is 17.0. The van der Waals surface area contributed by atoms with E-state index in [1.807, 2.05) is 48.7 Å². The second-order valence-corrected chi connectivity index (χ2v) is 7.55. The molecule has 5 nitrogen and oxygen atoms in total. The van der Waals surface area contributed by atoms with Gasteiger partial charge in [-0.1, -0.05) is 48.0 Å². The van der Waals surface area contributed by atoms with Crippen LogP contribution in [0.15, 0.2) is 77.2 Å². The van der Waals surface area contributed by atoms with Crippen LogP contribution in [0, 0.1) is 0 Å². The van der Waals surface area contributed by atoms with Crippen molar-refractivity contribution in [3.05, 3.63) is 93.9 Å². The topological polar surface area (TPSA) is 78.2 Å². The minimum absolute atomic E-state index is 0.328. The summed E-state index contributed by atoms with van der Waals surface area (Å²) in [5, 5.41) is 21.6. The van der Waals surface area contributed by atoms with Gasteiger partial charge in [-0.15, -0.1) is 0 Å². The molecular formula is C25H24N2O3. The quantitative estimate of drug-likeness (QED) is 0.425. The summed E-state index contributed by atoms with van der Waals surface area (Å²) in [6.07, 6.45) is 4.76. The van der Waals surface area contributed by atoms with E-state index in [-0.39, 0.29) is 12.4 Å². The lowest BCUT2D eigenvalue weighted by molar-refractivity contribution is 0.273. The summed E-state index contributed by atoms with van der Waals surface area (Å²) in [6.45, 7) is 3.81. The molecule has 0 unspecified atom stereocenters. The number of aliphatic hydroxyl groups excluding tert-OH is 1.